The number of carbonyl (C=O) groups is 2. The molecule has 3 rings (SSSR count). The first kappa shape index (κ1) is 21.0. The van der Waals surface area contributed by atoms with Gasteiger partial charge >= 0.3 is 0 Å². The molecule has 0 bridgehead atoms. The summed E-state index contributed by atoms with van der Waals surface area (Å²) in [6.45, 7) is 2.86. The number of hydrogen-bond acceptors (Lipinski definition) is 6. The first-order valence-corrected chi connectivity index (χ1v) is 9.74. The van der Waals surface area contributed by atoms with E-state index in [9.17, 15) is 14.7 Å². The van der Waals surface area contributed by atoms with Gasteiger partial charge in [-0.1, -0.05) is 23.8 Å². The molecule has 2 aromatic carbocycles. The van der Waals surface area contributed by atoms with Crippen LogP contribution in [0.3, 0.4) is 0 Å². The molecule has 8 nitrogen and oxygen atoms in total. The van der Waals surface area contributed by atoms with Crippen molar-refractivity contribution in [3.63, 3.8) is 0 Å². The Morgan fingerprint density at radius 1 is 1.03 bits per heavy atom. The molecule has 0 radical (unpaired) electrons. The van der Waals surface area contributed by atoms with Crippen molar-refractivity contribution in [3.8, 4) is 17.2 Å². The minimum absolute atomic E-state index is 0.0437. The lowest BCUT2D eigenvalue weighted by Gasteiger charge is -2.07. The number of rotatable bonds is 9. The minimum Gasteiger partial charge on any atom is -0.508 e. The van der Waals surface area contributed by atoms with Gasteiger partial charge in [-0.15, -0.1) is 10.2 Å². The maximum Gasteiger partial charge on any atom is 0.251 e. The molecular weight excluding hydrogens is 384 g/mol. The van der Waals surface area contributed by atoms with Crippen LogP contribution in [0.2, 0.25) is 0 Å². The van der Waals surface area contributed by atoms with Crippen LogP contribution in [0, 0.1) is 6.92 Å². The highest BCUT2D eigenvalue weighted by atomic mass is 16.4. The van der Waals surface area contributed by atoms with E-state index >= 15 is 0 Å². The lowest BCUT2D eigenvalue weighted by atomic mass is 10.1. The van der Waals surface area contributed by atoms with Crippen molar-refractivity contribution in [1.29, 1.82) is 0 Å². The number of hydrogen-bond donors (Lipinski definition) is 3. The van der Waals surface area contributed by atoms with Gasteiger partial charge in [0.25, 0.3) is 5.91 Å². The predicted molar refractivity (Wildman–Crippen MR) is 111 cm³/mol. The molecule has 1 heterocycles. The Hall–Kier alpha value is -3.68. The molecule has 2 amide bonds. The van der Waals surface area contributed by atoms with E-state index in [4.69, 9.17) is 4.42 Å². The van der Waals surface area contributed by atoms with Crippen LogP contribution in [-0.2, 0) is 11.2 Å². The van der Waals surface area contributed by atoms with Gasteiger partial charge in [-0.2, -0.15) is 0 Å². The van der Waals surface area contributed by atoms with Crippen LogP contribution in [-0.4, -0.2) is 40.2 Å². The van der Waals surface area contributed by atoms with Gasteiger partial charge in [-0.3, -0.25) is 9.59 Å². The second kappa shape index (κ2) is 10.2. The van der Waals surface area contributed by atoms with Gasteiger partial charge in [-0.05, 0) is 43.7 Å². The molecule has 0 fully saturated rings. The predicted octanol–water partition coefficient (Wildman–Crippen LogP) is 2.62. The van der Waals surface area contributed by atoms with E-state index in [0.29, 0.717) is 43.3 Å². The van der Waals surface area contributed by atoms with E-state index in [0.717, 1.165) is 11.1 Å². The number of aromatic hydroxyl groups is 1. The molecule has 3 aromatic rings. The summed E-state index contributed by atoms with van der Waals surface area (Å²) in [6, 6.07) is 13.9. The van der Waals surface area contributed by atoms with Crippen molar-refractivity contribution in [2.45, 2.75) is 26.2 Å². The molecule has 0 atom stereocenters. The molecule has 156 valence electrons. The number of nitrogens with one attached hydrogen (secondary N) is 2. The van der Waals surface area contributed by atoms with Crippen molar-refractivity contribution in [2.75, 3.05) is 13.1 Å². The number of carbonyl (C=O) groups excluding carboxylic acids is 2. The van der Waals surface area contributed by atoms with E-state index in [1.165, 1.54) is 12.1 Å². The van der Waals surface area contributed by atoms with E-state index in [1.807, 2.05) is 31.2 Å². The molecule has 0 aliphatic carbocycles. The van der Waals surface area contributed by atoms with Crippen LogP contribution in [0.15, 0.2) is 52.9 Å². The van der Waals surface area contributed by atoms with Crippen molar-refractivity contribution >= 4 is 11.8 Å². The van der Waals surface area contributed by atoms with Crippen LogP contribution in [0.1, 0.15) is 34.7 Å². The number of amides is 2. The highest BCUT2D eigenvalue weighted by Gasteiger charge is 2.10. The third kappa shape index (κ3) is 6.16. The number of benzene rings is 2. The van der Waals surface area contributed by atoms with Crippen LogP contribution < -0.4 is 10.6 Å². The molecular formula is C22H24N4O4. The number of phenols is 1. The largest absolute Gasteiger partial charge is 0.508 e. The molecule has 0 saturated heterocycles. The Kier molecular flexibility index (Phi) is 7.15. The zero-order chi connectivity index (χ0) is 21.3. The smallest absolute Gasteiger partial charge is 0.251 e. The maximum absolute atomic E-state index is 12.0. The van der Waals surface area contributed by atoms with Crippen LogP contribution in [0.4, 0.5) is 0 Å². The molecule has 0 saturated carbocycles. The summed E-state index contributed by atoms with van der Waals surface area (Å²) < 4.78 is 5.61. The second-order valence-electron chi connectivity index (χ2n) is 6.88. The number of aryl methyl sites for hydroxylation is 2. The third-order valence-electron chi connectivity index (χ3n) is 4.40. The topological polar surface area (TPSA) is 117 Å². The first-order chi connectivity index (χ1) is 14.5. The molecule has 8 heteroatoms. The Balaban J connectivity index is 1.32. The van der Waals surface area contributed by atoms with Crippen LogP contribution in [0.5, 0.6) is 5.75 Å². The summed E-state index contributed by atoms with van der Waals surface area (Å²) in [5, 5.41) is 22.9. The van der Waals surface area contributed by atoms with Gasteiger partial charge in [0.15, 0.2) is 0 Å². The zero-order valence-electron chi connectivity index (χ0n) is 16.7. The lowest BCUT2D eigenvalue weighted by molar-refractivity contribution is -0.121. The van der Waals surface area contributed by atoms with Crippen molar-refractivity contribution < 1.29 is 19.1 Å². The number of nitrogens with zero attached hydrogens (tertiary/aromatic N) is 2. The standard InChI is InChI=1S/C22H24N4O4/c1-15-6-8-16(9-7-15)22-26-25-20(30-22)11-10-19(28)23-12-3-13-24-21(29)17-4-2-5-18(27)14-17/h2,4-9,14,27H,3,10-13H2,1H3,(H,23,28)(H,24,29). The number of phenolic OH excluding ortho intramolecular Hbond substituents is 1. The van der Waals surface area contributed by atoms with Gasteiger partial charge in [-0.25, -0.2) is 0 Å². The van der Waals surface area contributed by atoms with Gasteiger partial charge in [0.2, 0.25) is 17.7 Å². The fraction of sp³-hybridized carbons (Fsp3) is 0.273. The lowest BCUT2D eigenvalue weighted by Crippen LogP contribution is -2.30. The molecule has 0 spiro atoms. The van der Waals surface area contributed by atoms with Crippen molar-refractivity contribution in [1.82, 2.24) is 20.8 Å². The molecule has 0 unspecified atom stereocenters. The minimum atomic E-state index is -0.266. The van der Waals surface area contributed by atoms with Gasteiger partial charge in [0, 0.05) is 37.1 Å². The monoisotopic (exact) mass is 408 g/mol. The third-order valence-corrected chi connectivity index (χ3v) is 4.40. The van der Waals surface area contributed by atoms with E-state index < -0.39 is 0 Å². The van der Waals surface area contributed by atoms with Crippen molar-refractivity contribution in [2.24, 2.45) is 0 Å². The van der Waals surface area contributed by atoms with Gasteiger partial charge in [0.1, 0.15) is 5.75 Å². The molecule has 0 aliphatic heterocycles. The quantitative estimate of drug-likeness (QED) is 0.469. The Labute approximate surface area is 174 Å². The maximum atomic E-state index is 12.0. The fourth-order valence-electron chi connectivity index (χ4n) is 2.74. The average Bonchev–Trinajstić information content (AvgIpc) is 3.21. The SMILES string of the molecule is Cc1ccc(-c2nnc(CCC(=O)NCCCNC(=O)c3cccc(O)c3)o2)cc1. The summed E-state index contributed by atoms with van der Waals surface area (Å²) in [7, 11) is 0. The average molecular weight is 408 g/mol. The van der Waals surface area contributed by atoms with Gasteiger partial charge in [0.05, 0.1) is 0 Å². The number of aromatic nitrogens is 2. The van der Waals surface area contributed by atoms with Gasteiger partial charge < -0.3 is 20.2 Å². The summed E-state index contributed by atoms with van der Waals surface area (Å²) >= 11 is 0. The zero-order valence-corrected chi connectivity index (χ0v) is 16.7. The Morgan fingerprint density at radius 3 is 2.57 bits per heavy atom. The summed E-state index contributed by atoms with van der Waals surface area (Å²) in [5.74, 6) is 0.511. The Bertz CT molecular complexity index is 998. The van der Waals surface area contributed by atoms with E-state index in [2.05, 4.69) is 20.8 Å². The highest BCUT2D eigenvalue weighted by Crippen LogP contribution is 2.18. The Morgan fingerprint density at radius 2 is 1.80 bits per heavy atom. The molecule has 30 heavy (non-hydrogen) atoms. The fourth-order valence-corrected chi connectivity index (χ4v) is 2.74. The van der Waals surface area contributed by atoms with Crippen LogP contribution in [0.25, 0.3) is 11.5 Å². The molecule has 0 aliphatic rings. The molecule has 3 N–H and O–H groups in total. The molecule has 1 aromatic heterocycles. The second-order valence-corrected chi connectivity index (χ2v) is 6.88. The van der Waals surface area contributed by atoms with E-state index in [1.54, 1.807) is 12.1 Å². The highest BCUT2D eigenvalue weighted by molar-refractivity contribution is 5.94. The van der Waals surface area contributed by atoms with Crippen molar-refractivity contribution in [3.05, 3.63) is 65.5 Å². The summed E-state index contributed by atoms with van der Waals surface area (Å²) in [6.07, 6.45) is 1.19. The first-order valence-electron chi connectivity index (χ1n) is 9.74. The summed E-state index contributed by atoms with van der Waals surface area (Å²) in [4.78, 5) is 23.9. The van der Waals surface area contributed by atoms with Crippen LogP contribution >= 0.6 is 0 Å². The van der Waals surface area contributed by atoms with E-state index in [-0.39, 0.29) is 24.0 Å². The normalized spacial score (nSPS) is 10.6. The summed E-state index contributed by atoms with van der Waals surface area (Å²) in [5.41, 5.74) is 2.38.